The van der Waals surface area contributed by atoms with Gasteiger partial charge in [-0.25, -0.2) is 4.98 Å². The summed E-state index contributed by atoms with van der Waals surface area (Å²) in [6.45, 7) is 2.10. The molecule has 0 aliphatic heterocycles. The first kappa shape index (κ1) is 22.8. The first-order valence-electron chi connectivity index (χ1n) is 11.3. The van der Waals surface area contributed by atoms with Gasteiger partial charge in [-0.2, -0.15) is 0 Å². The van der Waals surface area contributed by atoms with E-state index >= 15 is 0 Å². The summed E-state index contributed by atoms with van der Waals surface area (Å²) in [4.78, 5) is 16.9. The van der Waals surface area contributed by atoms with Gasteiger partial charge in [0.1, 0.15) is 0 Å². The number of hydrogen-bond donors (Lipinski definition) is 1. The lowest BCUT2D eigenvalue weighted by atomic mass is 9.78. The largest absolute Gasteiger partial charge is 0.352 e. The number of pyridine rings is 1. The van der Waals surface area contributed by atoms with E-state index in [4.69, 9.17) is 23.2 Å². The van der Waals surface area contributed by atoms with Crippen LogP contribution in [0.25, 0.3) is 0 Å². The molecule has 0 radical (unpaired) electrons. The lowest BCUT2D eigenvalue weighted by Gasteiger charge is -2.32. The molecule has 1 aromatic heterocycles. The maximum Gasteiger partial charge on any atom is 0.231 e. The molecule has 1 heterocycles. The van der Waals surface area contributed by atoms with Crippen LogP contribution in [0.1, 0.15) is 55.2 Å². The van der Waals surface area contributed by atoms with Gasteiger partial charge in [-0.1, -0.05) is 60.3 Å². The maximum atomic E-state index is 13.7. The molecule has 1 aliphatic carbocycles. The number of amides is 1. The van der Waals surface area contributed by atoms with Crippen LogP contribution >= 0.6 is 23.2 Å². The van der Waals surface area contributed by atoms with E-state index in [1.165, 1.54) is 5.56 Å². The van der Waals surface area contributed by atoms with Crippen molar-refractivity contribution in [1.82, 2.24) is 5.32 Å². The summed E-state index contributed by atoms with van der Waals surface area (Å²) < 4.78 is 0. The Labute approximate surface area is 200 Å². The predicted octanol–water partition coefficient (Wildman–Crippen LogP) is 6.15. The number of H-pyrrole nitrogens is 1. The second-order valence-corrected chi connectivity index (χ2v) is 9.70. The average molecular weight is 468 g/mol. The fourth-order valence-electron chi connectivity index (χ4n) is 4.93. The van der Waals surface area contributed by atoms with Gasteiger partial charge in [-0.3, -0.25) is 4.79 Å². The Balaban J connectivity index is 1.60. The summed E-state index contributed by atoms with van der Waals surface area (Å²) in [6, 6.07) is 19.9. The number of nitrogens with one attached hydrogen (secondary N) is 2. The second-order valence-electron chi connectivity index (χ2n) is 8.83. The maximum absolute atomic E-state index is 13.7. The first-order valence-corrected chi connectivity index (χ1v) is 12.0. The number of rotatable bonds is 7. The van der Waals surface area contributed by atoms with Crippen molar-refractivity contribution in [2.24, 2.45) is 0 Å². The molecule has 3 nitrogen and oxygen atoms in total. The molecule has 1 fully saturated rings. The first-order chi connectivity index (χ1) is 15.5. The van der Waals surface area contributed by atoms with E-state index < -0.39 is 5.41 Å². The Morgan fingerprint density at radius 3 is 2.22 bits per heavy atom. The van der Waals surface area contributed by atoms with Crippen molar-refractivity contribution in [3.8, 4) is 0 Å². The van der Waals surface area contributed by atoms with Crippen molar-refractivity contribution in [3.63, 3.8) is 0 Å². The molecule has 32 heavy (non-hydrogen) atoms. The molecule has 1 aliphatic rings. The third kappa shape index (κ3) is 5.00. The van der Waals surface area contributed by atoms with Gasteiger partial charge in [0.05, 0.1) is 5.41 Å². The van der Waals surface area contributed by atoms with E-state index in [0.717, 1.165) is 48.3 Å². The molecule has 0 unspecified atom stereocenters. The van der Waals surface area contributed by atoms with Crippen molar-refractivity contribution in [3.05, 3.63) is 99.8 Å². The van der Waals surface area contributed by atoms with E-state index in [9.17, 15) is 4.79 Å². The molecule has 166 valence electrons. The molecule has 0 spiro atoms. The highest BCUT2D eigenvalue weighted by atomic mass is 35.5. The van der Waals surface area contributed by atoms with Crippen LogP contribution in [-0.4, -0.2) is 11.9 Å². The third-order valence-corrected chi connectivity index (χ3v) is 7.28. The standard InChI is InChI=1S/C27H28Cl2N2O/c1-19(31-26(32)27(14-2-3-15-27)22-5-4-16-30-18-22)25(21-8-12-24(29)13-9-21)17-20-6-10-23(28)11-7-20/h4-13,16,18-19,25H,2-3,14-15,17H2,1H3,(H,31,32)/p+1/t19-,25+/m1/s1. The van der Waals surface area contributed by atoms with Crippen LogP contribution < -0.4 is 10.3 Å². The molecular formula is C27H29Cl2N2O+. The molecule has 2 atom stereocenters. The summed E-state index contributed by atoms with van der Waals surface area (Å²) in [6.07, 6.45) is 8.56. The lowest BCUT2D eigenvalue weighted by Crippen LogP contribution is -2.48. The van der Waals surface area contributed by atoms with Crippen molar-refractivity contribution in [2.75, 3.05) is 0 Å². The molecule has 0 bridgehead atoms. The monoisotopic (exact) mass is 467 g/mol. The summed E-state index contributed by atoms with van der Waals surface area (Å²) in [5.74, 6) is 0.232. The number of benzene rings is 2. The van der Waals surface area contributed by atoms with Crippen LogP contribution in [-0.2, 0) is 16.6 Å². The van der Waals surface area contributed by atoms with E-state index in [0.29, 0.717) is 5.02 Å². The summed E-state index contributed by atoms with van der Waals surface area (Å²) in [5, 5.41) is 4.83. The zero-order valence-corrected chi connectivity index (χ0v) is 19.8. The predicted molar refractivity (Wildman–Crippen MR) is 130 cm³/mol. The van der Waals surface area contributed by atoms with Crippen molar-refractivity contribution in [1.29, 1.82) is 0 Å². The number of aromatic nitrogens is 1. The topological polar surface area (TPSA) is 43.2 Å². The SMILES string of the molecule is C[C@@H](NC(=O)C1(c2ccc[nH+]c2)CCCC1)[C@H](Cc1ccc(Cl)cc1)c1ccc(Cl)cc1. The lowest BCUT2D eigenvalue weighted by molar-refractivity contribution is -0.379. The third-order valence-electron chi connectivity index (χ3n) is 6.78. The minimum atomic E-state index is -0.461. The normalized spacial score (nSPS) is 17.0. The summed E-state index contributed by atoms with van der Waals surface area (Å²) >= 11 is 12.2. The number of aromatic amines is 1. The van der Waals surface area contributed by atoms with Gasteiger partial charge in [0.2, 0.25) is 5.91 Å². The molecule has 2 N–H and O–H groups in total. The zero-order valence-electron chi connectivity index (χ0n) is 18.3. The van der Waals surface area contributed by atoms with E-state index in [1.807, 2.05) is 42.7 Å². The Hall–Kier alpha value is -2.36. The van der Waals surface area contributed by atoms with Crippen LogP contribution in [0.2, 0.25) is 10.0 Å². The molecule has 2 aromatic carbocycles. The highest BCUT2D eigenvalue weighted by Crippen LogP contribution is 2.41. The second kappa shape index (κ2) is 10.1. The number of halogens is 2. The van der Waals surface area contributed by atoms with Crippen LogP contribution in [0.15, 0.2) is 73.1 Å². The Bertz CT molecular complexity index is 1030. The Morgan fingerprint density at radius 1 is 1.00 bits per heavy atom. The Morgan fingerprint density at radius 2 is 1.62 bits per heavy atom. The van der Waals surface area contributed by atoms with E-state index in [2.05, 4.69) is 47.6 Å². The van der Waals surface area contributed by atoms with Gasteiger partial charge in [-0.05, 0) is 67.6 Å². The molecule has 5 heteroatoms. The molecule has 1 saturated carbocycles. The van der Waals surface area contributed by atoms with Crippen LogP contribution in [0.3, 0.4) is 0 Å². The van der Waals surface area contributed by atoms with Crippen molar-refractivity contribution in [2.45, 2.75) is 56.4 Å². The van der Waals surface area contributed by atoms with Crippen molar-refractivity contribution >= 4 is 29.1 Å². The number of carbonyl (C=O) groups excluding carboxylic acids is 1. The minimum absolute atomic E-state index is 0.0514. The Kier molecular flexibility index (Phi) is 7.17. The van der Waals surface area contributed by atoms with Gasteiger partial charge >= 0.3 is 0 Å². The van der Waals surface area contributed by atoms with E-state index in [1.54, 1.807) is 0 Å². The van der Waals surface area contributed by atoms with Crippen LogP contribution in [0.4, 0.5) is 0 Å². The van der Waals surface area contributed by atoms with Crippen LogP contribution in [0.5, 0.6) is 0 Å². The minimum Gasteiger partial charge on any atom is -0.352 e. The number of hydrogen-bond acceptors (Lipinski definition) is 1. The quantitative estimate of drug-likeness (QED) is 0.444. The highest BCUT2D eigenvalue weighted by Gasteiger charge is 2.44. The fourth-order valence-corrected chi connectivity index (χ4v) is 5.18. The average Bonchev–Trinajstić information content (AvgIpc) is 3.31. The summed E-state index contributed by atoms with van der Waals surface area (Å²) in [7, 11) is 0. The molecule has 3 aromatic rings. The summed E-state index contributed by atoms with van der Waals surface area (Å²) in [5.41, 5.74) is 2.95. The van der Waals surface area contributed by atoms with E-state index in [-0.39, 0.29) is 17.9 Å². The highest BCUT2D eigenvalue weighted by molar-refractivity contribution is 6.30. The zero-order chi connectivity index (χ0) is 22.6. The van der Waals surface area contributed by atoms with Gasteiger partial charge in [-0.15, -0.1) is 0 Å². The van der Waals surface area contributed by atoms with Gasteiger partial charge in [0.15, 0.2) is 12.4 Å². The molecule has 4 rings (SSSR count). The fraction of sp³-hybridized carbons (Fsp3) is 0.333. The van der Waals surface area contributed by atoms with Crippen molar-refractivity contribution < 1.29 is 9.78 Å². The van der Waals surface area contributed by atoms with Gasteiger partial charge < -0.3 is 5.32 Å². The van der Waals surface area contributed by atoms with Gasteiger partial charge in [0, 0.05) is 33.6 Å². The molecule has 1 amide bonds. The van der Waals surface area contributed by atoms with Crippen LogP contribution in [0, 0.1) is 0 Å². The van der Waals surface area contributed by atoms with Gasteiger partial charge in [0.25, 0.3) is 0 Å². The smallest absolute Gasteiger partial charge is 0.231 e. The number of carbonyl (C=O) groups is 1. The molecular weight excluding hydrogens is 439 g/mol. The molecule has 0 saturated heterocycles.